The quantitative estimate of drug-likeness (QED) is 0.393. The number of imidazole rings is 1. The lowest BCUT2D eigenvalue weighted by Gasteiger charge is -2.12. The highest BCUT2D eigenvalue weighted by Gasteiger charge is 2.11. The average molecular weight is 435 g/mol. The number of aryl methyl sites for hydroxylation is 1. The number of para-hydroxylation sites is 3. The van der Waals surface area contributed by atoms with Gasteiger partial charge in [-0.2, -0.15) is 0 Å². The van der Waals surface area contributed by atoms with Gasteiger partial charge in [-0.3, -0.25) is 9.78 Å². The Balaban J connectivity index is 1.38. The van der Waals surface area contributed by atoms with Gasteiger partial charge in [-0.25, -0.2) is 4.98 Å². The number of nitrogens with zero attached hydrogens (tertiary/aromatic N) is 3. The standard InChI is InChI=1S/C24H23ClN4O2/c25-19-6-1-4-9-22(19)31-17-16-29-21-8-3-2-7-20(21)28-23(29)10-5-13-27-24(30)18-11-14-26-15-12-18/h1-4,6-9,11-12,14-15H,5,10,13,16-17H2,(H,27,30). The summed E-state index contributed by atoms with van der Waals surface area (Å²) < 4.78 is 8.05. The van der Waals surface area contributed by atoms with E-state index in [0.29, 0.717) is 36.0 Å². The molecule has 2 aromatic carbocycles. The van der Waals surface area contributed by atoms with Crippen molar-refractivity contribution in [3.8, 4) is 5.75 Å². The first kappa shape index (κ1) is 20.9. The molecule has 7 heteroatoms. The maximum Gasteiger partial charge on any atom is 0.251 e. The van der Waals surface area contributed by atoms with Crippen molar-refractivity contribution in [1.29, 1.82) is 0 Å². The summed E-state index contributed by atoms with van der Waals surface area (Å²) in [5.41, 5.74) is 2.64. The van der Waals surface area contributed by atoms with E-state index in [-0.39, 0.29) is 5.91 Å². The van der Waals surface area contributed by atoms with Crippen LogP contribution in [0.2, 0.25) is 5.02 Å². The van der Waals surface area contributed by atoms with Gasteiger partial charge in [-0.15, -0.1) is 0 Å². The summed E-state index contributed by atoms with van der Waals surface area (Å²) in [4.78, 5) is 20.9. The summed E-state index contributed by atoms with van der Waals surface area (Å²) in [6.07, 6.45) is 4.76. The predicted molar refractivity (Wildman–Crippen MR) is 122 cm³/mol. The number of amides is 1. The predicted octanol–water partition coefficient (Wildman–Crippen LogP) is 4.53. The molecule has 0 aliphatic heterocycles. The number of rotatable bonds is 9. The Hall–Kier alpha value is -3.38. The summed E-state index contributed by atoms with van der Waals surface area (Å²) in [5, 5.41) is 3.55. The first-order valence-corrected chi connectivity index (χ1v) is 10.6. The van der Waals surface area contributed by atoms with Gasteiger partial charge in [0.15, 0.2) is 0 Å². The van der Waals surface area contributed by atoms with Crippen LogP contribution in [0.4, 0.5) is 0 Å². The van der Waals surface area contributed by atoms with E-state index < -0.39 is 0 Å². The highest BCUT2D eigenvalue weighted by atomic mass is 35.5. The van der Waals surface area contributed by atoms with Gasteiger partial charge < -0.3 is 14.6 Å². The average Bonchev–Trinajstić information content (AvgIpc) is 3.16. The monoisotopic (exact) mass is 434 g/mol. The molecule has 0 bridgehead atoms. The van der Waals surface area contributed by atoms with Gasteiger partial charge in [-0.1, -0.05) is 35.9 Å². The van der Waals surface area contributed by atoms with Crippen LogP contribution < -0.4 is 10.1 Å². The highest BCUT2D eigenvalue weighted by Crippen LogP contribution is 2.23. The zero-order valence-electron chi connectivity index (χ0n) is 17.0. The molecule has 0 saturated heterocycles. The van der Waals surface area contributed by atoms with E-state index in [1.807, 2.05) is 42.5 Å². The number of nitrogens with one attached hydrogen (secondary N) is 1. The van der Waals surface area contributed by atoms with E-state index in [2.05, 4.69) is 20.9 Å². The second-order valence-corrected chi connectivity index (χ2v) is 7.45. The van der Waals surface area contributed by atoms with Crippen LogP contribution in [0, 0.1) is 0 Å². The van der Waals surface area contributed by atoms with Crippen molar-refractivity contribution in [1.82, 2.24) is 19.9 Å². The van der Waals surface area contributed by atoms with Crippen LogP contribution in [0.3, 0.4) is 0 Å². The van der Waals surface area contributed by atoms with Crippen molar-refractivity contribution < 1.29 is 9.53 Å². The molecular formula is C24H23ClN4O2. The minimum atomic E-state index is -0.0935. The first-order chi connectivity index (χ1) is 15.2. The van der Waals surface area contributed by atoms with Crippen LogP contribution in [0.25, 0.3) is 11.0 Å². The van der Waals surface area contributed by atoms with Crippen molar-refractivity contribution in [3.63, 3.8) is 0 Å². The number of ether oxygens (including phenoxy) is 1. The van der Waals surface area contributed by atoms with E-state index in [0.717, 1.165) is 29.7 Å². The lowest BCUT2D eigenvalue weighted by Crippen LogP contribution is -2.25. The third-order valence-electron chi connectivity index (χ3n) is 4.95. The third-order valence-corrected chi connectivity index (χ3v) is 5.26. The van der Waals surface area contributed by atoms with Crippen molar-refractivity contribution >= 4 is 28.5 Å². The van der Waals surface area contributed by atoms with Crippen LogP contribution in [0.5, 0.6) is 5.75 Å². The largest absolute Gasteiger partial charge is 0.490 e. The van der Waals surface area contributed by atoms with Crippen LogP contribution in [-0.4, -0.2) is 33.6 Å². The molecule has 0 aliphatic rings. The fourth-order valence-electron chi connectivity index (χ4n) is 3.43. The number of fused-ring (bicyclic) bond motifs is 1. The van der Waals surface area contributed by atoms with Crippen molar-refractivity contribution in [3.05, 3.63) is 89.5 Å². The molecule has 0 aliphatic carbocycles. The van der Waals surface area contributed by atoms with E-state index >= 15 is 0 Å². The van der Waals surface area contributed by atoms with Gasteiger partial charge in [0.25, 0.3) is 5.91 Å². The molecule has 0 spiro atoms. The van der Waals surface area contributed by atoms with Gasteiger partial charge in [0.2, 0.25) is 0 Å². The summed E-state index contributed by atoms with van der Waals surface area (Å²) in [6.45, 7) is 1.71. The fraction of sp³-hybridized carbons (Fsp3) is 0.208. The molecule has 6 nitrogen and oxygen atoms in total. The summed E-state index contributed by atoms with van der Waals surface area (Å²) >= 11 is 6.18. The number of aromatic nitrogens is 3. The lowest BCUT2D eigenvalue weighted by atomic mass is 10.2. The number of hydrogen-bond donors (Lipinski definition) is 1. The molecule has 0 atom stereocenters. The van der Waals surface area contributed by atoms with Crippen LogP contribution in [-0.2, 0) is 13.0 Å². The number of hydrogen-bond acceptors (Lipinski definition) is 4. The number of benzene rings is 2. The molecular weight excluding hydrogens is 412 g/mol. The van der Waals surface area contributed by atoms with Gasteiger partial charge in [-0.05, 0) is 42.8 Å². The van der Waals surface area contributed by atoms with Crippen LogP contribution >= 0.6 is 11.6 Å². The van der Waals surface area contributed by atoms with Crippen molar-refractivity contribution in [2.75, 3.05) is 13.2 Å². The Morgan fingerprint density at radius 1 is 1.03 bits per heavy atom. The van der Waals surface area contributed by atoms with Gasteiger partial charge in [0.1, 0.15) is 18.2 Å². The summed E-state index contributed by atoms with van der Waals surface area (Å²) in [5.74, 6) is 1.56. The normalized spacial score (nSPS) is 10.9. The number of halogens is 1. The zero-order chi connectivity index (χ0) is 21.5. The Morgan fingerprint density at radius 3 is 2.65 bits per heavy atom. The van der Waals surface area contributed by atoms with E-state index in [4.69, 9.17) is 21.3 Å². The molecule has 2 heterocycles. The molecule has 0 saturated carbocycles. The third kappa shape index (κ3) is 5.22. The minimum absolute atomic E-state index is 0.0935. The molecule has 0 unspecified atom stereocenters. The maximum absolute atomic E-state index is 12.2. The molecule has 0 fully saturated rings. The lowest BCUT2D eigenvalue weighted by molar-refractivity contribution is 0.0953. The second-order valence-electron chi connectivity index (χ2n) is 7.04. The van der Waals surface area contributed by atoms with Gasteiger partial charge in [0.05, 0.1) is 22.6 Å². The summed E-state index contributed by atoms with van der Waals surface area (Å²) in [6, 6.07) is 18.9. The van der Waals surface area contributed by atoms with Crippen molar-refractivity contribution in [2.45, 2.75) is 19.4 Å². The molecule has 4 rings (SSSR count). The SMILES string of the molecule is O=C(NCCCc1nc2ccccc2n1CCOc1ccccc1Cl)c1ccncc1. The number of carbonyl (C=O) groups excluding carboxylic acids is 1. The van der Waals surface area contributed by atoms with Crippen molar-refractivity contribution in [2.24, 2.45) is 0 Å². The molecule has 1 amide bonds. The fourth-order valence-corrected chi connectivity index (χ4v) is 3.62. The second kappa shape index (κ2) is 10.1. The molecule has 0 radical (unpaired) electrons. The van der Waals surface area contributed by atoms with Crippen LogP contribution in [0.15, 0.2) is 73.1 Å². The Morgan fingerprint density at radius 2 is 1.81 bits per heavy atom. The first-order valence-electron chi connectivity index (χ1n) is 10.2. The maximum atomic E-state index is 12.2. The molecule has 158 valence electrons. The topological polar surface area (TPSA) is 69.0 Å². The number of carbonyl (C=O) groups is 1. The minimum Gasteiger partial charge on any atom is -0.490 e. The smallest absolute Gasteiger partial charge is 0.251 e. The Labute approximate surface area is 185 Å². The molecule has 31 heavy (non-hydrogen) atoms. The molecule has 2 aromatic heterocycles. The number of pyridine rings is 1. The van der Waals surface area contributed by atoms with E-state index in [1.165, 1.54) is 0 Å². The Bertz CT molecular complexity index is 1160. The van der Waals surface area contributed by atoms with Gasteiger partial charge in [0, 0.05) is 30.9 Å². The zero-order valence-corrected chi connectivity index (χ0v) is 17.8. The van der Waals surface area contributed by atoms with Gasteiger partial charge >= 0.3 is 0 Å². The molecule has 1 N–H and O–H groups in total. The van der Waals surface area contributed by atoms with E-state index in [1.54, 1.807) is 24.5 Å². The van der Waals surface area contributed by atoms with Crippen LogP contribution in [0.1, 0.15) is 22.6 Å². The molecule has 4 aromatic rings. The highest BCUT2D eigenvalue weighted by molar-refractivity contribution is 6.32. The Kier molecular flexibility index (Phi) is 6.79. The summed E-state index contributed by atoms with van der Waals surface area (Å²) in [7, 11) is 0. The van der Waals surface area contributed by atoms with E-state index in [9.17, 15) is 4.79 Å².